The first-order valence-corrected chi connectivity index (χ1v) is 4.96. The summed E-state index contributed by atoms with van der Waals surface area (Å²) in [4.78, 5) is 8.19. The largest absolute Gasteiger partial charge is 0.396 e. The van der Waals surface area contributed by atoms with Crippen molar-refractivity contribution in [3.63, 3.8) is 0 Å². The summed E-state index contributed by atoms with van der Waals surface area (Å²) in [5.74, 6) is 0.747. The van der Waals surface area contributed by atoms with Crippen molar-refractivity contribution < 1.29 is 9.84 Å². The molecule has 84 valence electrons. The van der Waals surface area contributed by atoms with Crippen LogP contribution in [0.1, 0.15) is 12.2 Å². The monoisotopic (exact) mass is 211 g/mol. The van der Waals surface area contributed by atoms with Crippen LogP contribution in [0.15, 0.2) is 18.5 Å². The minimum atomic E-state index is 0.142. The highest BCUT2D eigenvalue weighted by Crippen LogP contribution is 1.94. The van der Waals surface area contributed by atoms with E-state index in [9.17, 15) is 0 Å². The zero-order valence-electron chi connectivity index (χ0n) is 8.89. The van der Waals surface area contributed by atoms with Crippen LogP contribution in [-0.2, 0) is 11.3 Å². The van der Waals surface area contributed by atoms with E-state index in [1.54, 1.807) is 25.6 Å². The zero-order chi connectivity index (χ0) is 10.9. The molecule has 15 heavy (non-hydrogen) atoms. The van der Waals surface area contributed by atoms with Crippen LogP contribution in [0.25, 0.3) is 0 Å². The molecule has 0 aliphatic rings. The Kier molecular flexibility index (Phi) is 5.84. The molecule has 0 amide bonds. The summed E-state index contributed by atoms with van der Waals surface area (Å²) < 4.78 is 5.03. The first-order valence-electron chi connectivity index (χ1n) is 4.96. The summed E-state index contributed by atoms with van der Waals surface area (Å²) in [5.41, 5.74) is 0. The van der Waals surface area contributed by atoms with Gasteiger partial charge in [0.1, 0.15) is 5.82 Å². The van der Waals surface area contributed by atoms with Gasteiger partial charge in [-0.3, -0.25) is 0 Å². The Labute approximate surface area is 89.5 Å². The number of methoxy groups -OCH3 is 1. The molecule has 5 nitrogen and oxygen atoms in total. The van der Waals surface area contributed by atoms with Gasteiger partial charge >= 0.3 is 0 Å². The molecule has 2 N–H and O–H groups in total. The Morgan fingerprint density at radius 3 is 2.80 bits per heavy atom. The second-order valence-electron chi connectivity index (χ2n) is 3.21. The molecule has 5 heteroatoms. The van der Waals surface area contributed by atoms with Crippen molar-refractivity contribution >= 4 is 0 Å². The predicted octanol–water partition coefficient (Wildman–Crippen LogP) is -0.0364. The Balaban J connectivity index is 2.33. The molecule has 1 rings (SSSR count). The lowest BCUT2D eigenvalue weighted by atomic mass is 10.2. The summed E-state index contributed by atoms with van der Waals surface area (Å²) in [7, 11) is 1.64. The van der Waals surface area contributed by atoms with Gasteiger partial charge in [0.05, 0.1) is 13.2 Å². The third kappa shape index (κ3) is 4.83. The highest BCUT2D eigenvalue weighted by atomic mass is 16.5. The minimum absolute atomic E-state index is 0.142. The molecule has 0 saturated heterocycles. The smallest absolute Gasteiger partial charge is 0.141 e. The van der Waals surface area contributed by atoms with E-state index in [4.69, 9.17) is 9.84 Å². The first-order chi connectivity index (χ1) is 7.36. The molecule has 1 atom stereocenters. The van der Waals surface area contributed by atoms with Gasteiger partial charge in [-0.2, -0.15) is 0 Å². The van der Waals surface area contributed by atoms with Gasteiger partial charge in [0.2, 0.25) is 0 Å². The van der Waals surface area contributed by atoms with Crippen molar-refractivity contribution in [1.29, 1.82) is 0 Å². The van der Waals surface area contributed by atoms with Gasteiger partial charge in [-0.25, -0.2) is 9.97 Å². The Hall–Kier alpha value is -1.04. The van der Waals surface area contributed by atoms with Crippen molar-refractivity contribution in [2.75, 3.05) is 20.3 Å². The average molecular weight is 211 g/mol. The molecule has 0 spiro atoms. The van der Waals surface area contributed by atoms with Gasteiger partial charge in [0, 0.05) is 32.2 Å². The van der Waals surface area contributed by atoms with Gasteiger partial charge in [-0.1, -0.05) is 0 Å². The Morgan fingerprint density at radius 2 is 2.20 bits per heavy atom. The molecule has 0 fully saturated rings. The summed E-state index contributed by atoms with van der Waals surface area (Å²) in [6.07, 6.45) is 4.09. The number of aliphatic hydroxyl groups excluding tert-OH is 1. The zero-order valence-corrected chi connectivity index (χ0v) is 8.89. The fraction of sp³-hybridized carbons (Fsp3) is 0.600. The van der Waals surface area contributed by atoms with E-state index >= 15 is 0 Å². The molecule has 0 radical (unpaired) electrons. The summed E-state index contributed by atoms with van der Waals surface area (Å²) >= 11 is 0. The second kappa shape index (κ2) is 7.28. The van der Waals surface area contributed by atoms with Crippen LogP contribution in [0.4, 0.5) is 0 Å². The van der Waals surface area contributed by atoms with Crippen LogP contribution < -0.4 is 5.32 Å². The Morgan fingerprint density at radius 1 is 1.47 bits per heavy atom. The summed E-state index contributed by atoms with van der Waals surface area (Å²) in [6.45, 7) is 1.32. The van der Waals surface area contributed by atoms with Gasteiger partial charge in [-0.05, 0) is 12.5 Å². The summed E-state index contributed by atoms with van der Waals surface area (Å²) in [5, 5.41) is 12.1. The van der Waals surface area contributed by atoms with Crippen LogP contribution in [0, 0.1) is 0 Å². The fourth-order valence-corrected chi connectivity index (χ4v) is 1.26. The average Bonchev–Trinajstić information content (AvgIpc) is 2.28. The highest BCUT2D eigenvalue weighted by molar-refractivity contribution is 4.88. The normalized spacial score (nSPS) is 12.7. The van der Waals surface area contributed by atoms with E-state index in [-0.39, 0.29) is 12.6 Å². The molecule has 0 aliphatic heterocycles. The molecule has 0 aliphatic carbocycles. The standard InChI is InChI=1S/C10H17N3O2/c1-15-8-9(3-6-14)13-7-10-11-4-2-5-12-10/h2,4-5,9,13-14H,3,6-8H2,1H3. The predicted molar refractivity (Wildman–Crippen MR) is 56.2 cm³/mol. The van der Waals surface area contributed by atoms with E-state index in [0.717, 1.165) is 5.82 Å². The summed E-state index contributed by atoms with van der Waals surface area (Å²) in [6, 6.07) is 1.92. The van der Waals surface area contributed by atoms with Gasteiger partial charge in [0.15, 0.2) is 0 Å². The highest BCUT2D eigenvalue weighted by Gasteiger charge is 2.07. The van der Waals surface area contributed by atoms with Crippen molar-refractivity contribution in [3.05, 3.63) is 24.3 Å². The molecule has 0 bridgehead atoms. The third-order valence-corrected chi connectivity index (χ3v) is 2.01. The molecule has 0 saturated carbocycles. The van der Waals surface area contributed by atoms with Gasteiger partial charge < -0.3 is 15.2 Å². The topological polar surface area (TPSA) is 67.3 Å². The van der Waals surface area contributed by atoms with Crippen molar-refractivity contribution in [2.24, 2.45) is 0 Å². The molecular formula is C10H17N3O2. The van der Waals surface area contributed by atoms with Crippen LogP contribution >= 0.6 is 0 Å². The lowest BCUT2D eigenvalue weighted by Crippen LogP contribution is -2.34. The van der Waals surface area contributed by atoms with Crippen molar-refractivity contribution in [1.82, 2.24) is 15.3 Å². The molecular weight excluding hydrogens is 194 g/mol. The molecule has 1 aromatic heterocycles. The molecule has 0 aromatic carbocycles. The number of aliphatic hydroxyl groups is 1. The lowest BCUT2D eigenvalue weighted by Gasteiger charge is -2.15. The fourth-order valence-electron chi connectivity index (χ4n) is 1.26. The van der Waals surface area contributed by atoms with E-state index in [1.807, 2.05) is 0 Å². The van der Waals surface area contributed by atoms with Gasteiger partial charge in [0.25, 0.3) is 0 Å². The van der Waals surface area contributed by atoms with Crippen LogP contribution in [0.3, 0.4) is 0 Å². The maximum absolute atomic E-state index is 8.83. The second-order valence-corrected chi connectivity index (χ2v) is 3.21. The molecule has 1 heterocycles. The minimum Gasteiger partial charge on any atom is -0.396 e. The SMILES string of the molecule is COCC(CCO)NCc1ncccn1. The maximum Gasteiger partial charge on any atom is 0.141 e. The third-order valence-electron chi connectivity index (χ3n) is 2.01. The lowest BCUT2D eigenvalue weighted by molar-refractivity contribution is 0.147. The number of aromatic nitrogens is 2. The number of hydrogen-bond acceptors (Lipinski definition) is 5. The quantitative estimate of drug-likeness (QED) is 0.662. The van der Waals surface area contributed by atoms with Crippen LogP contribution in [0.2, 0.25) is 0 Å². The van der Waals surface area contributed by atoms with E-state index in [2.05, 4.69) is 15.3 Å². The number of nitrogens with zero attached hydrogens (tertiary/aromatic N) is 2. The van der Waals surface area contributed by atoms with E-state index in [0.29, 0.717) is 19.6 Å². The Bertz CT molecular complexity index is 250. The first kappa shape index (κ1) is 12.0. The number of rotatable bonds is 7. The maximum atomic E-state index is 8.83. The van der Waals surface area contributed by atoms with Gasteiger partial charge in [-0.15, -0.1) is 0 Å². The van der Waals surface area contributed by atoms with Crippen LogP contribution in [-0.4, -0.2) is 41.4 Å². The number of hydrogen-bond donors (Lipinski definition) is 2. The van der Waals surface area contributed by atoms with Crippen LogP contribution in [0.5, 0.6) is 0 Å². The number of ether oxygens (including phenoxy) is 1. The van der Waals surface area contributed by atoms with E-state index in [1.165, 1.54) is 0 Å². The molecule has 1 aromatic rings. The van der Waals surface area contributed by atoms with Crippen molar-refractivity contribution in [3.8, 4) is 0 Å². The number of nitrogens with one attached hydrogen (secondary N) is 1. The van der Waals surface area contributed by atoms with Crippen molar-refractivity contribution in [2.45, 2.75) is 19.0 Å². The van der Waals surface area contributed by atoms with E-state index < -0.39 is 0 Å². The molecule has 1 unspecified atom stereocenters.